The number of anilines is 3. The number of methoxy groups -OCH3 is 2. The molecule has 0 saturated carbocycles. The number of esters is 1. The zero-order chi connectivity index (χ0) is 15.2. The Morgan fingerprint density at radius 3 is 2.71 bits per heavy atom. The number of hydrogen-bond donors (Lipinski definition) is 2. The van der Waals surface area contributed by atoms with Crippen molar-refractivity contribution in [3.8, 4) is 0 Å². The number of hydrogen-bond acceptors (Lipinski definition) is 6. The Balaban J connectivity index is 2.33. The number of carbonyl (C=O) groups excluding carboxylic acids is 1. The maximum atomic E-state index is 11.5. The Morgan fingerprint density at radius 2 is 2.00 bits per heavy atom. The van der Waals surface area contributed by atoms with Crippen LogP contribution in [0.1, 0.15) is 16.1 Å². The minimum Gasteiger partial charge on any atom is -0.464 e. The lowest BCUT2D eigenvalue weighted by Crippen LogP contribution is -2.08. The van der Waals surface area contributed by atoms with Gasteiger partial charge in [0.05, 0.1) is 19.4 Å². The summed E-state index contributed by atoms with van der Waals surface area (Å²) in [5.41, 5.74) is 8.31. The van der Waals surface area contributed by atoms with Gasteiger partial charge in [-0.1, -0.05) is 18.2 Å². The highest BCUT2D eigenvalue weighted by Crippen LogP contribution is 2.24. The van der Waals surface area contributed by atoms with Gasteiger partial charge in [-0.05, 0) is 18.2 Å². The predicted octanol–water partition coefficient (Wildman–Crippen LogP) is 2.34. The number of carbonyl (C=O) groups is 1. The molecule has 6 heteroatoms. The molecule has 2 aromatic rings. The number of benzene rings is 1. The van der Waals surface area contributed by atoms with E-state index in [0.717, 1.165) is 11.3 Å². The second kappa shape index (κ2) is 6.71. The van der Waals surface area contributed by atoms with Gasteiger partial charge in [0.1, 0.15) is 0 Å². The van der Waals surface area contributed by atoms with Crippen molar-refractivity contribution in [2.75, 3.05) is 25.3 Å². The molecule has 0 unspecified atom stereocenters. The number of nitrogens with two attached hydrogens (primary N) is 1. The molecule has 0 atom stereocenters. The molecule has 0 aliphatic rings. The monoisotopic (exact) mass is 287 g/mol. The van der Waals surface area contributed by atoms with Crippen LogP contribution >= 0.6 is 0 Å². The molecule has 0 aliphatic heterocycles. The van der Waals surface area contributed by atoms with E-state index < -0.39 is 5.97 Å². The fourth-order valence-electron chi connectivity index (χ4n) is 1.84. The fraction of sp³-hybridized carbons (Fsp3) is 0.200. The number of pyridine rings is 1. The summed E-state index contributed by atoms with van der Waals surface area (Å²) in [5, 5.41) is 3.12. The fourth-order valence-corrected chi connectivity index (χ4v) is 1.84. The quantitative estimate of drug-likeness (QED) is 0.821. The molecule has 0 radical (unpaired) electrons. The van der Waals surface area contributed by atoms with Crippen LogP contribution in [0.4, 0.5) is 17.2 Å². The van der Waals surface area contributed by atoms with Gasteiger partial charge in [-0.15, -0.1) is 0 Å². The van der Waals surface area contributed by atoms with Crippen LogP contribution in [-0.2, 0) is 16.1 Å². The number of nitrogens with zero attached hydrogens (tertiary/aromatic N) is 1. The van der Waals surface area contributed by atoms with Crippen LogP contribution in [0.15, 0.2) is 36.4 Å². The Labute approximate surface area is 122 Å². The van der Waals surface area contributed by atoms with Gasteiger partial charge in [0.15, 0.2) is 11.5 Å². The van der Waals surface area contributed by atoms with Crippen LogP contribution < -0.4 is 11.1 Å². The van der Waals surface area contributed by atoms with Gasteiger partial charge in [0, 0.05) is 18.4 Å². The maximum Gasteiger partial charge on any atom is 0.356 e. The molecule has 0 bridgehead atoms. The summed E-state index contributed by atoms with van der Waals surface area (Å²) in [6.45, 7) is 0.458. The van der Waals surface area contributed by atoms with E-state index >= 15 is 0 Å². The number of ether oxygens (including phenoxy) is 2. The standard InChI is InChI=1S/C15H17N3O3/c1-20-9-10-5-3-4-6-12(10)17-14-11(16)7-8-13(18-14)15(19)21-2/h3-8H,9,16H2,1-2H3,(H,17,18). The molecule has 0 fully saturated rings. The number of nitrogen functional groups attached to an aromatic ring is 1. The van der Waals surface area contributed by atoms with Gasteiger partial charge in [-0.2, -0.15) is 0 Å². The summed E-state index contributed by atoms with van der Waals surface area (Å²) in [7, 11) is 2.93. The van der Waals surface area contributed by atoms with Gasteiger partial charge >= 0.3 is 5.97 Å². The number of nitrogens with one attached hydrogen (secondary N) is 1. The summed E-state index contributed by atoms with van der Waals surface area (Å²) in [5.74, 6) is -0.107. The van der Waals surface area contributed by atoms with Crippen molar-refractivity contribution in [3.05, 3.63) is 47.7 Å². The van der Waals surface area contributed by atoms with Crippen LogP contribution in [0.5, 0.6) is 0 Å². The Morgan fingerprint density at radius 1 is 1.24 bits per heavy atom. The highest BCUT2D eigenvalue weighted by molar-refractivity contribution is 5.88. The SMILES string of the molecule is COCc1ccccc1Nc1nc(C(=O)OC)ccc1N. The number of para-hydroxylation sites is 1. The molecule has 21 heavy (non-hydrogen) atoms. The molecule has 2 rings (SSSR count). The van der Waals surface area contributed by atoms with Crippen molar-refractivity contribution >= 4 is 23.2 Å². The topological polar surface area (TPSA) is 86.5 Å². The van der Waals surface area contributed by atoms with E-state index in [2.05, 4.69) is 15.0 Å². The van der Waals surface area contributed by atoms with Crippen LogP contribution in [0.25, 0.3) is 0 Å². The molecule has 1 heterocycles. The lowest BCUT2D eigenvalue weighted by Gasteiger charge is -2.13. The van der Waals surface area contributed by atoms with E-state index in [1.54, 1.807) is 13.2 Å². The summed E-state index contributed by atoms with van der Waals surface area (Å²) in [6.07, 6.45) is 0. The molecule has 0 amide bonds. The average Bonchev–Trinajstić information content (AvgIpc) is 2.51. The van der Waals surface area contributed by atoms with Crippen molar-refractivity contribution in [3.63, 3.8) is 0 Å². The van der Waals surface area contributed by atoms with Gasteiger partial charge in [0.2, 0.25) is 0 Å². The van der Waals surface area contributed by atoms with E-state index in [9.17, 15) is 4.79 Å². The van der Waals surface area contributed by atoms with Crippen LogP contribution in [-0.4, -0.2) is 25.2 Å². The van der Waals surface area contributed by atoms with Crippen LogP contribution in [0.3, 0.4) is 0 Å². The maximum absolute atomic E-state index is 11.5. The Kier molecular flexibility index (Phi) is 4.73. The van der Waals surface area contributed by atoms with Gasteiger partial charge in [-0.25, -0.2) is 9.78 Å². The molecular weight excluding hydrogens is 270 g/mol. The summed E-state index contributed by atoms with van der Waals surface area (Å²) in [6, 6.07) is 10.8. The highest BCUT2D eigenvalue weighted by Gasteiger charge is 2.11. The minimum atomic E-state index is -0.511. The molecule has 0 saturated heterocycles. The number of rotatable bonds is 5. The Bertz CT molecular complexity index is 644. The highest BCUT2D eigenvalue weighted by atomic mass is 16.5. The second-order valence-corrected chi connectivity index (χ2v) is 4.34. The Hall–Kier alpha value is -2.60. The largest absolute Gasteiger partial charge is 0.464 e. The predicted molar refractivity (Wildman–Crippen MR) is 80.4 cm³/mol. The molecule has 0 spiro atoms. The van der Waals surface area contributed by atoms with Gasteiger partial charge in [-0.3, -0.25) is 0 Å². The van der Waals surface area contributed by atoms with E-state index in [4.69, 9.17) is 10.5 Å². The molecule has 3 N–H and O–H groups in total. The first-order chi connectivity index (χ1) is 10.2. The summed E-state index contributed by atoms with van der Waals surface area (Å²) >= 11 is 0. The lowest BCUT2D eigenvalue weighted by molar-refractivity contribution is 0.0594. The molecule has 1 aromatic heterocycles. The van der Waals surface area contributed by atoms with Crippen molar-refractivity contribution < 1.29 is 14.3 Å². The third-order valence-corrected chi connectivity index (χ3v) is 2.89. The summed E-state index contributed by atoms with van der Waals surface area (Å²) < 4.78 is 9.80. The molecule has 110 valence electrons. The number of aromatic nitrogens is 1. The normalized spacial score (nSPS) is 10.2. The molecule has 0 aliphatic carbocycles. The van der Waals surface area contributed by atoms with Crippen molar-refractivity contribution in [2.24, 2.45) is 0 Å². The van der Waals surface area contributed by atoms with E-state index in [1.807, 2.05) is 24.3 Å². The van der Waals surface area contributed by atoms with Gasteiger partial charge in [0.25, 0.3) is 0 Å². The van der Waals surface area contributed by atoms with Crippen molar-refractivity contribution in [1.29, 1.82) is 0 Å². The third kappa shape index (κ3) is 3.49. The first kappa shape index (κ1) is 14.8. The van der Waals surface area contributed by atoms with E-state index in [1.165, 1.54) is 13.2 Å². The first-order valence-electron chi connectivity index (χ1n) is 6.34. The molecule has 1 aromatic carbocycles. The van der Waals surface area contributed by atoms with Crippen molar-refractivity contribution in [1.82, 2.24) is 4.98 Å². The molecular formula is C15H17N3O3. The third-order valence-electron chi connectivity index (χ3n) is 2.89. The van der Waals surface area contributed by atoms with Gasteiger partial charge < -0.3 is 20.5 Å². The molecule has 6 nitrogen and oxygen atoms in total. The lowest BCUT2D eigenvalue weighted by atomic mass is 10.2. The first-order valence-corrected chi connectivity index (χ1v) is 6.34. The average molecular weight is 287 g/mol. The smallest absolute Gasteiger partial charge is 0.356 e. The minimum absolute atomic E-state index is 0.193. The summed E-state index contributed by atoms with van der Waals surface area (Å²) in [4.78, 5) is 15.7. The van der Waals surface area contributed by atoms with E-state index in [0.29, 0.717) is 18.1 Å². The van der Waals surface area contributed by atoms with E-state index in [-0.39, 0.29) is 5.69 Å². The van der Waals surface area contributed by atoms with Crippen LogP contribution in [0, 0.1) is 0 Å². The van der Waals surface area contributed by atoms with Crippen molar-refractivity contribution in [2.45, 2.75) is 6.61 Å². The zero-order valence-corrected chi connectivity index (χ0v) is 11.9. The second-order valence-electron chi connectivity index (χ2n) is 4.34. The zero-order valence-electron chi connectivity index (χ0n) is 11.9. The van der Waals surface area contributed by atoms with Crippen LogP contribution in [0.2, 0.25) is 0 Å².